The van der Waals surface area contributed by atoms with Gasteiger partial charge in [-0.3, -0.25) is 9.69 Å². The van der Waals surface area contributed by atoms with Crippen molar-refractivity contribution >= 4 is 23.4 Å². The topological polar surface area (TPSA) is 119 Å². The first-order valence-corrected chi connectivity index (χ1v) is 17.1. The van der Waals surface area contributed by atoms with Crippen molar-refractivity contribution in [3.63, 3.8) is 0 Å². The number of carbonyl (C=O) groups excluding carboxylic acids is 2. The average Bonchev–Trinajstić information content (AvgIpc) is 3.57. The highest BCUT2D eigenvalue weighted by atomic mass is 16.7. The first-order valence-electron chi connectivity index (χ1n) is 17.1. The third kappa shape index (κ3) is 9.48. The summed E-state index contributed by atoms with van der Waals surface area (Å²) in [5.41, 5.74) is 3.17. The number of para-hydroxylation sites is 1. The SMILES string of the molecule is CC(C)(C)OC(=O)C1CCCN1CC1CC(c2ccc(CO)cc2)OC(c2cccc(NC(=O)Nc3ccc(Oc4ccccc4)cc3)c2)O1. The number of nitrogens with zero attached hydrogens (tertiary/aromatic N) is 1. The molecule has 4 aromatic carbocycles. The molecule has 2 saturated heterocycles. The summed E-state index contributed by atoms with van der Waals surface area (Å²) in [6.07, 6.45) is 0.984. The molecule has 50 heavy (non-hydrogen) atoms. The molecule has 0 aromatic heterocycles. The molecule has 2 fully saturated rings. The van der Waals surface area contributed by atoms with Gasteiger partial charge in [-0.05, 0) is 99.8 Å². The Balaban J connectivity index is 1.13. The second-order valence-electron chi connectivity index (χ2n) is 13.7. The summed E-state index contributed by atoms with van der Waals surface area (Å²) in [6.45, 7) is 6.94. The average molecular weight is 680 g/mol. The van der Waals surface area contributed by atoms with Gasteiger partial charge in [0.2, 0.25) is 0 Å². The predicted molar refractivity (Wildman–Crippen MR) is 191 cm³/mol. The van der Waals surface area contributed by atoms with E-state index in [1.54, 1.807) is 30.3 Å². The Labute approximate surface area is 293 Å². The molecule has 2 aliphatic rings. The van der Waals surface area contributed by atoms with Crippen molar-refractivity contribution in [1.29, 1.82) is 0 Å². The second-order valence-corrected chi connectivity index (χ2v) is 13.7. The van der Waals surface area contributed by atoms with E-state index in [1.807, 2.05) is 93.6 Å². The van der Waals surface area contributed by atoms with Crippen LogP contribution in [0.5, 0.6) is 11.5 Å². The molecule has 0 aliphatic carbocycles. The number of carbonyl (C=O) groups is 2. The predicted octanol–water partition coefficient (Wildman–Crippen LogP) is 7.97. The fourth-order valence-electron chi connectivity index (χ4n) is 6.26. The van der Waals surface area contributed by atoms with Crippen LogP contribution in [-0.4, -0.2) is 52.8 Å². The number of nitrogens with one attached hydrogen (secondary N) is 2. The number of urea groups is 1. The Hall–Kier alpha value is -4.74. The number of rotatable bonds is 10. The summed E-state index contributed by atoms with van der Waals surface area (Å²) >= 11 is 0. The molecule has 0 spiro atoms. The van der Waals surface area contributed by atoms with Crippen molar-refractivity contribution in [1.82, 2.24) is 4.90 Å². The Kier molecular flexibility index (Phi) is 11.1. The molecule has 3 N–H and O–H groups in total. The highest BCUT2D eigenvalue weighted by Gasteiger charge is 2.39. The number of amides is 2. The summed E-state index contributed by atoms with van der Waals surface area (Å²) in [7, 11) is 0. The van der Waals surface area contributed by atoms with E-state index in [-0.39, 0.29) is 30.8 Å². The van der Waals surface area contributed by atoms with Crippen LogP contribution in [0.15, 0.2) is 103 Å². The maximum atomic E-state index is 13.1. The van der Waals surface area contributed by atoms with Gasteiger partial charge < -0.3 is 34.7 Å². The number of aliphatic hydroxyl groups is 1. The van der Waals surface area contributed by atoms with E-state index in [0.717, 1.165) is 41.8 Å². The van der Waals surface area contributed by atoms with Gasteiger partial charge in [-0.25, -0.2) is 4.79 Å². The molecular formula is C40H45N3O7. The maximum absolute atomic E-state index is 13.1. The lowest BCUT2D eigenvalue weighted by Gasteiger charge is -2.38. The van der Waals surface area contributed by atoms with E-state index < -0.39 is 17.9 Å². The van der Waals surface area contributed by atoms with E-state index in [0.29, 0.717) is 30.1 Å². The molecule has 6 rings (SSSR count). The summed E-state index contributed by atoms with van der Waals surface area (Å²) < 4.78 is 24.7. The summed E-state index contributed by atoms with van der Waals surface area (Å²) in [5, 5.41) is 15.3. The first-order chi connectivity index (χ1) is 24.1. The Morgan fingerprint density at radius 2 is 1.56 bits per heavy atom. The molecule has 2 amide bonds. The van der Waals surface area contributed by atoms with Gasteiger partial charge in [0.25, 0.3) is 0 Å². The van der Waals surface area contributed by atoms with Gasteiger partial charge in [-0.1, -0.05) is 54.6 Å². The number of ether oxygens (including phenoxy) is 4. The van der Waals surface area contributed by atoms with Gasteiger partial charge in [0.15, 0.2) is 6.29 Å². The molecule has 0 saturated carbocycles. The second kappa shape index (κ2) is 15.9. The Morgan fingerprint density at radius 1 is 0.840 bits per heavy atom. The third-order valence-electron chi connectivity index (χ3n) is 8.60. The van der Waals surface area contributed by atoms with Crippen LogP contribution in [0, 0.1) is 0 Å². The Bertz CT molecular complexity index is 1720. The van der Waals surface area contributed by atoms with Crippen LogP contribution in [-0.2, 0) is 25.6 Å². The lowest BCUT2D eigenvalue weighted by Crippen LogP contribution is -2.45. The molecule has 0 bridgehead atoms. The van der Waals surface area contributed by atoms with Gasteiger partial charge in [-0.2, -0.15) is 0 Å². The summed E-state index contributed by atoms with van der Waals surface area (Å²) in [4.78, 5) is 28.2. The standard InChI is InChI=1S/C40H45N3O7/c1-40(2,3)50-37(45)35-13-8-22-43(35)25-34-24-36(28-16-14-27(26-44)15-17-28)49-38(48-34)29-9-7-10-31(23-29)42-39(46)41-30-18-20-33(21-19-30)47-32-11-5-4-6-12-32/h4-7,9-12,14-21,23,34-36,38,44H,8,13,22,24-26H2,1-3H3,(H2,41,42,46). The zero-order valence-corrected chi connectivity index (χ0v) is 28.7. The third-order valence-corrected chi connectivity index (χ3v) is 8.60. The minimum atomic E-state index is -0.721. The minimum absolute atomic E-state index is 0.0392. The van der Waals surface area contributed by atoms with Gasteiger partial charge in [-0.15, -0.1) is 0 Å². The molecular weight excluding hydrogens is 634 g/mol. The van der Waals surface area contributed by atoms with Crippen molar-refractivity contribution in [3.8, 4) is 11.5 Å². The monoisotopic (exact) mass is 679 g/mol. The largest absolute Gasteiger partial charge is 0.459 e. The van der Waals surface area contributed by atoms with Crippen LogP contribution in [0.1, 0.15) is 69.1 Å². The maximum Gasteiger partial charge on any atom is 0.323 e. The molecule has 4 atom stereocenters. The highest BCUT2D eigenvalue weighted by molar-refractivity contribution is 5.99. The van der Waals surface area contributed by atoms with E-state index in [4.69, 9.17) is 18.9 Å². The number of hydrogen-bond donors (Lipinski definition) is 3. The van der Waals surface area contributed by atoms with E-state index >= 15 is 0 Å². The van der Waals surface area contributed by atoms with Crippen LogP contribution in [0.3, 0.4) is 0 Å². The van der Waals surface area contributed by atoms with Gasteiger partial charge in [0.05, 0.1) is 18.8 Å². The van der Waals surface area contributed by atoms with Gasteiger partial charge in [0.1, 0.15) is 23.1 Å². The summed E-state index contributed by atoms with van der Waals surface area (Å²) in [5.74, 6) is 1.19. The number of aliphatic hydroxyl groups excluding tert-OH is 1. The first kappa shape index (κ1) is 35.1. The van der Waals surface area contributed by atoms with Crippen LogP contribution < -0.4 is 15.4 Å². The van der Waals surface area contributed by atoms with E-state index in [2.05, 4.69) is 15.5 Å². The fraction of sp³-hybridized carbons (Fsp3) is 0.350. The van der Waals surface area contributed by atoms with Gasteiger partial charge in [0, 0.05) is 29.9 Å². The molecule has 2 aliphatic heterocycles. The molecule has 0 radical (unpaired) electrons. The number of benzene rings is 4. The van der Waals surface area contributed by atoms with Crippen LogP contribution in [0.2, 0.25) is 0 Å². The smallest absolute Gasteiger partial charge is 0.323 e. The number of anilines is 2. The number of likely N-dealkylation sites (tertiary alicyclic amines) is 1. The molecule has 262 valence electrons. The number of esters is 1. The molecule has 4 unspecified atom stereocenters. The number of hydrogen-bond acceptors (Lipinski definition) is 8. The lowest BCUT2D eigenvalue weighted by molar-refractivity contribution is -0.253. The summed E-state index contributed by atoms with van der Waals surface area (Å²) in [6, 6.07) is 31.1. The lowest BCUT2D eigenvalue weighted by atomic mass is 9.99. The quantitative estimate of drug-likeness (QED) is 0.145. The molecule has 4 aromatic rings. The molecule has 10 heteroatoms. The van der Waals surface area contributed by atoms with Gasteiger partial charge >= 0.3 is 12.0 Å². The van der Waals surface area contributed by atoms with E-state index in [9.17, 15) is 14.7 Å². The Morgan fingerprint density at radius 3 is 2.28 bits per heavy atom. The molecule has 10 nitrogen and oxygen atoms in total. The van der Waals surface area contributed by atoms with Crippen molar-refractivity contribution in [3.05, 3.63) is 120 Å². The van der Waals surface area contributed by atoms with Crippen molar-refractivity contribution < 1.29 is 33.6 Å². The molecule has 2 heterocycles. The normalized spacial score (nSPS) is 21.0. The van der Waals surface area contributed by atoms with Crippen LogP contribution in [0.25, 0.3) is 0 Å². The highest BCUT2D eigenvalue weighted by Crippen LogP contribution is 2.39. The van der Waals surface area contributed by atoms with Crippen LogP contribution in [0.4, 0.5) is 16.2 Å². The van der Waals surface area contributed by atoms with Crippen molar-refractivity contribution in [2.75, 3.05) is 23.7 Å². The van der Waals surface area contributed by atoms with Crippen LogP contribution >= 0.6 is 0 Å². The fourth-order valence-corrected chi connectivity index (χ4v) is 6.26. The van der Waals surface area contributed by atoms with Crippen molar-refractivity contribution in [2.24, 2.45) is 0 Å². The zero-order chi connectivity index (χ0) is 35.1. The minimum Gasteiger partial charge on any atom is -0.459 e. The van der Waals surface area contributed by atoms with E-state index in [1.165, 1.54) is 0 Å². The zero-order valence-electron chi connectivity index (χ0n) is 28.7. The van der Waals surface area contributed by atoms with Crippen molar-refractivity contribution in [2.45, 2.75) is 76.8 Å².